The summed E-state index contributed by atoms with van der Waals surface area (Å²) in [6.45, 7) is 5.20. The van der Waals surface area contributed by atoms with Crippen LogP contribution in [0.5, 0.6) is 0 Å². The second-order valence-electron chi connectivity index (χ2n) is 8.84. The molecule has 3 heterocycles. The molecule has 0 amide bonds. The third kappa shape index (κ3) is 4.35. The van der Waals surface area contributed by atoms with Gasteiger partial charge in [-0.15, -0.1) is 0 Å². The fourth-order valence-corrected chi connectivity index (χ4v) is 5.93. The predicted molar refractivity (Wildman–Crippen MR) is 129 cm³/mol. The third-order valence-electron chi connectivity index (χ3n) is 5.91. The Morgan fingerprint density at radius 2 is 1.65 bits per heavy atom. The van der Waals surface area contributed by atoms with Gasteiger partial charge in [0.05, 0.1) is 27.1 Å². The van der Waals surface area contributed by atoms with Crippen LogP contribution in [-0.2, 0) is 28.5 Å². The van der Waals surface area contributed by atoms with Crippen LogP contribution in [0.15, 0.2) is 47.4 Å². The Kier molecular flexibility index (Phi) is 6.18. The van der Waals surface area contributed by atoms with Gasteiger partial charge in [-0.2, -0.15) is 8.42 Å². The minimum absolute atomic E-state index is 0.0686. The lowest BCUT2D eigenvalue weighted by Gasteiger charge is -2.25. The van der Waals surface area contributed by atoms with E-state index in [2.05, 4.69) is 0 Å². The van der Waals surface area contributed by atoms with Gasteiger partial charge in [0, 0.05) is 5.39 Å². The predicted octanol–water partition coefficient (Wildman–Crippen LogP) is 5.73. The molecule has 0 N–H and O–H groups in total. The Bertz CT molecular complexity index is 1360. The van der Waals surface area contributed by atoms with Gasteiger partial charge in [0.25, 0.3) is 10.1 Å². The van der Waals surface area contributed by atoms with E-state index in [1.54, 1.807) is 48.7 Å². The highest BCUT2D eigenvalue weighted by atomic mass is 35.5. The topological polar surface area (TPSA) is 76.0 Å². The average molecular weight is 547 g/mol. The molecule has 182 valence electrons. The van der Waals surface area contributed by atoms with Gasteiger partial charge in [0.2, 0.25) is 0 Å². The molecule has 34 heavy (non-hydrogen) atoms. The molecule has 2 aliphatic heterocycles. The molecule has 1 aromatic heterocycles. The van der Waals surface area contributed by atoms with Crippen molar-refractivity contribution < 1.29 is 26.8 Å². The first kappa shape index (κ1) is 24.3. The maximum Gasteiger partial charge on any atom is 0.297 e. The summed E-state index contributed by atoms with van der Waals surface area (Å²) in [6.07, 6.45) is -2.57. The lowest BCUT2D eigenvalue weighted by molar-refractivity contribution is -0.198. The van der Waals surface area contributed by atoms with Crippen LogP contribution in [0.25, 0.3) is 10.9 Å². The van der Waals surface area contributed by atoms with Crippen LogP contribution in [0.4, 0.5) is 0 Å². The van der Waals surface area contributed by atoms with Gasteiger partial charge in [-0.05, 0) is 51.1 Å². The number of rotatable bonds is 5. The Morgan fingerprint density at radius 3 is 2.35 bits per heavy atom. The van der Waals surface area contributed by atoms with Crippen molar-refractivity contribution in [3.63, 3.8) is 0 Å². The molecule has 2 aromatic carbocycles. The van der Waals surface area contributed by atoms with Gasteiger partial charge < -0.3 is 18.8 Å². The number of hydrogen-bond acceptors (Lipinski definition) is 6. The van der Waals surface area contributed by atoms with E-state index in [4.69, 9.17) is 53.2 Å². The molecule has 2 fully saturated rings. The van der Waals surface area contributed by atoms with Crippen LogP contribution >= 0.6 is 34.8 Å². The van der Waals surface area contributed by atoms with E-state index in [0.717, 1.165) is 10.9 Å². The van der Waals surface area contributed by atoms with Gasteiger partial charge >= 0.3 is 0 Å². The molecule has 7 nitrogen and oxygen atoms in total. The van der Waals surface area contributed by atoms with Gasteiger partial charge in [-0.3, -0.25) is 4.18 Å². The number of fused-ring (bicyclic) bond motifs is 2. The van der Waals surface area contributed by atoms with Gasteiger partial charge in [-0.1, -0.05) is 52.5 Å². The van der Waals surface area contributed by atoms with Gasteiger partial charge in [0.15, 0.2) is 12.0 Å². The molecule has 2 aliphatic rings. The number of halogens is 3. The van der Waals surface area contributed by atoms with Crippen LogP contribution < -0.4 is 0 Å². The van der Waals surface area contributed by atoms with Crippen LogP contribution in [0, 0.1) is 6.92 Å². The lowest BCUT2D eigenvalue weighted by atomic mass is 10.1. The molecule has 0 spiro atoms. The van der Waals surface area contributed by atoms with E-state index in [9.17, 15) is 8.42 Å². The Morgan fingerprint density at radius 1 is 1.00 bits per heavy atom. The van der Waals surface area contributed by atoms with E-state index in [1.165, 1.54) is 12.1 Å². The number of nitrogens with zero attached hydrogens (tertiary/aromatic N) is 1. The minimum Gasteiger partial charge on any atom is -0.347 e. The zero-order chi connectivity index (χ0) is 24.4. The van der Waals surface area contributed by atoms with Crippen molar-refractivity contribution in [3.8, 4) is 0 Å². The van der Waals surface area contributed by atoms with Crippen molar-refractivity contribution in [2.24, 2.45) is 0 Å². The van der Waals surface area contributed by atoms with Crippen molar-refractivity contribution in [2.75, 3.05) is 6.61 Å². The fraction of sp³-hybridized carbons (Fsp3) is 0.391. The summed E-state index contributed by atoms with van der Waals surface area (Å²) in [4.78, 5) is 0.0686. The lowest BCUT2D eigenvalue weighted by Crippen LogP contribution is -2.33. The van der Waals surface area contributed by atoms with Crippen LogP contribution in [0.3, 0.4) is 0 Å². The quantitative estimate of drug-likeness (QED) is 0.380. The highest BCUT2D eigenvalue weighted by Gasteiger charge is 2.56. The van der Waals surface area contributed by atoms with Gasteiger partial charge in [-0.25, -0.2) is 0 Å². The molecule has 2 saturated heterocycles. The average Bonchev–Trinajstić information content (AvgIpc) is 3.35. The van der Waals surface area contributed by atoms with E-state index in [0.29, 0.717) is 20.7 Å². The first-order valence-electron chi connectivity index (χ1n) is 10.6. The first-order chi connectivity index (χ1) is 15.9. The number of benzene rings is 2. The second kappa shape index (κ2) is 8.64. The summed E-state index contributed by atoms with van der Waals surface area (Å²) in [5.74, 6) is -0.901. The molecule has 3 aromatic rings. The number of hydrogen-bond donors (Lipinski definition) is 0. The molecule has 0 radical (unpaired) electrons. The zero-order valence-corrected chi connectivity index (χ0v) is 21.6. The zero-order valence-electron chi connectivity index (χ0n) is 18.5. The molecule has 0 bridgehead atoms. The summed E-state index contributed by atoms with van der Waals surface area (Å²) >= 11 is 19.0. The minimum atomic E-state index is -3.99. The normalized spacial score (nSPS) is 26.3. The number of ether oxygens (including phenoxy) is 3. The number of aromatic nitrogens is 1. The number of aryl methyl sites for hydroxylation is 1. The summed E-state index contributed by atoms with van der Waals surface area (Å²) in [5.41, 5.74) is 1.64. The molecule has 0 aliphatic carbocycles. The largest absolute Gasteiger partial charge is 0.347 e. The van der Waals surface area contributed by atoms with Crippen LogP contribution in [0.1, 0.15) is 25.6 Å². The van der Waals surface area contributed by atoms with Gasteiger partial charge in [0.1, 0.15) is 23.5 Å². The molecule has 5 rings (SSSR count). The van der Waals surface area contributed by atoms with E-state index >= 15 is 0 Å². The van der Waals surface area contributed by atoms with Crippen molar-refractivity contribution in [2.45, 2.75) is 56.0 Å². The van der Waals surface area contributed by atoms with Crippen molar-refractivity contribution in [3.05, 3.63) is 63.2 Å². The van der Waals surface area contributed by atoms with E-state index < -0.39 is 40.4 Å². The highest BCUT2D eigenvalue weighted by molar-refractivity contribution is 7.86. The molecular formula is C23H22Cl3NO6S. The summed E-state index contributed by atoms with van der Waals surface area (Å²) < 4.78 is 51.0. The third-order valence-corrected chi connectivity index (χ3v) is 8.22. The molecular weight excluding hydrogens is 525 g/mol. The Balaban J connectivity index is 1.45. The monoisotopic (exact) mass is 545 g/mol. The standard InChI is InChI=1S/C23H22Cl3NO6S/c1-12-4-6-14(7-5-12)34(28,29)30-11-18-20-21(33-23(2,3)32-20)22(31-18)27-17-10-16(25)15(24)8-13(17)9-19(27)26/h4-10,18,20-22H,11H2,1-3H3/t18-,20-,21-,22-/m1/s1. The van der Waals surface area contributed by atoms with E-state index in [1.807, 2.05) is 6.92 Å². The molecule has 0 saturated carbocycles. The summed E-state index contributed by atoms with van der Waals surface area (Å²) in [5, 5.41) is 1.94. The smallest absolute Gasteiger partial charge is 0.297 e. The summed E-state index contributed by atoms with van der Waals surface area (Å²) in [6, 6.07) is 11.6. The van der Waals surface area contributed by atoms with E-state index in [-0.39, 0.29) is 11.5 Å². The second-order valence-corrected chi connectivity index (χ2v) is 11.7. The van der Waals surface area contributed by atoms with Crippen molar-refractivity contribution in [1.82, 2.24) is 4.57 Å². The van der Waals surface area contributed by atoms with Crippen molar-refractivity contribution >= 4 is 55.8 Å². The maximum absolute atomic E-state index is 12.7. The maximum atomic E-state index is 12.7. The van der Waals surface area contributed by atoms with Crippen LogP contribution in [0.2, 0.25) is 15.2 Å². The highest BCUT2D eigenvalue weighted by Crippen LogP contribution is 2.46. The Hall–Kier alpha value is -1.36. The van der Waals surface area contributed by atoms with Crippen LogP contribution in [-0.4, -0.2) is 43.7 Å². The first-order valence-corrected chi connectivity index (χ1v) is 13.1. The molecule has 11 heteroatoms. The fourth-order valence-electron chi connectivity index (χ4n) is 4.38. The summed E-state index contributed by atoms with van der Waals surface area (Å²) in [7, 11) is -3.99. The SMILES string of the molecule is Cc1ccc(S(=O)(=O)OC[C@H]2O[C@@H](n3c(Cl)cc4cc(Cl)c(Cl)cc43)[C@@H]3OC(C)(C)O[C@@H]32)cc1. The Labute approximate surface area is 212 Å². The molecule has 0 unspecified atom stereocenters. The molecule has 4 atom stereocenters. The van der Waals surface area contributed by atoms with Crippen molar-refractivity contribution in [1.29, 1.82) is 0 Å².